The zero-order chi connectivity index (χ0) is 13.8. The van der Waals surface area contributed by atoms with Crippen LogP contribution in [0.5, 0.6) is 0 Å². The van der Waals surface area contributed by atoms with E-state index in [1.54, 1.807) is 30.0 Å². The van der Waals surface area contributed by atoms with Crippen molar-refractivity contribution in [3.63, 3.8) is 0 Å². The van der Waals surface area contributed by atoms with Gasteiger partial charge >= 0.3 is 0 Å². The molecule has 1 fully saturated rings. The topological polar surface area (TPSA) is 62.3 Å². The van der Waals surface area contributed by atoms with E-state index in [2.05, 4.69) is 26.2 Å². The van der Waals surface area contributed by atoms with E-state index in [-0.39, 0.29) is 11.8 Å². The highest BCUT2D eigenvalue weighted by Gasteiger charge is 2.24. The summed E-state index contributed by atoms with van der Waals surface area (Å²) < 4.78 is 0.596. The van der Waals surface area contributed by atoms with Gasteiger partial charge in [0.1, 0.15) is 16.3 Å². The number of likely N-dealkylation sites (tertiary alicyclic amines) is 1. The molecule has 102 valence electrons. The average molecular weight is 326 g/mol. The summed E-state index contributed by atoms with van der Waals surface area (Å²) in [7, 11) is 0. The Balaban J connectivity index is 1.96. The fourth-order valence-corrected chi connectivity index (χ4v) is 2.42. The number of hydrogen-bond donors (Lipinski definition) is 1. The van der Waals surface area contributed by atoms with Crippen molar-refractivity contribution in [3.8, 4) is 0 Å². The van der Waals surface area contributed by atoms with E-state index in [9.17, 15) is 9.59 Å². The van der Waals surface area contributed by atoms with Crippen LogP contribution in [0.15, 0.2) is 22.8 Å². The normalized spacial score (nSPS) is 16.2. The molecule has 1 aromatic heterocycles. The number of nitrogens with zero attached hydrogens (tertiary/aromatic N) is 2. The number of carbonyl (C=O) groups is 2. The second-order valence-electron chi connectivity index (χ2n) is 4.57. The van der Waals surface area contributed by atoms with Gasteiger partial charge in [-0.15, -0.1) is 0 Å². The van der Waals surface area contributed by atoms with Crippen LogP contribution in [0, 0.1) is 0 Å². The molecule has 0 aromatic carbocycles. The van der Waals surface area contributed by atoms with Gasteiger partial charge in [0.05, 0.1) is 0 Å². The van der Waals surface area contributed by atoms with E-state index in [1.165, 1.54) is 0 Å². The highest BCUT2D eigenvalue weighted by atomic mass is 79.9. The van der Waals surface area contributed by atoms with Crippen LogP contribution in [0.4, 0.5) is 0 Å². The Bertz CT molecular complexity index is 487. The third-order valence-corrected chi connectivity index (χ3v) is 3.53. The number of amides is 2. The molecule has 0 saturated carbocycles. The summed E-state index contributed by atoms with van der Waals surface area (Å²) in [6.45, 7) is 3.28. The summed E-state index contributed by atoms with van der Waals surface area (Å²) >= 11 is 3.21. The molecule has 1 saturated heterocycles. The van der Waals surface area contributed by atoms with Crippen LogP contribution in [0.3, 0.4) is 0 Å². The van der Waals surface area contributed by atoms with Crippen molar-refractivity contribution in [1.29, 1.82) is 0 Å². The smallest absolute Gasteiger partial charge is 0.270 e. The van der Waals surface area contributed by atoms with Gasteiger partial charge in [0.15, 0.2) is 0 Å². The minimum atomic E-state index is -0.522. The maximum Gasteiger partial charge on any atom is 0.270 e. The summed E-state index contributed by atoms with van der Waals surface area (Å²) in [6, 6.07) is 4.58. The molecule has 1 atom stereocenters. The number of nitrogens with one attached hydrogen (secondary N) is 1. The number of hydrogen-bond acceptors (Lipinski definition) is 3. The zero-order valence-electron chi connectivity index (χ0n) is 10.7. The maximum absolute atomic E-state index is 12.1. The van der Waals surface area contributed by atoms with E-state index in [0.717, 1.165) is 25.9 Å². The highest BCUT2D eigenvalue weighted by Crippen LogP contribution is 2.10. The van der Waals surface area contributed by atoms with Crippen LogP contribution in [0.1, 0.15) is 30.3 Å². The number of carbonyl (C=O) groups excluding carboxylic acids is 2. The summed E-state index contributed by atoms with van der Waals surface area (Å²) in [5.41, 5.74) is 0.301. The van der Waals surface area contributed by atoms with Crippen molar-refractivity contribution in [2.24, 2.45) is 0 Å². The molecule has 2 amide bonds. The van der Waals surface area contributed by atoms with Crippen LogP contribution < -0.4 is 5.32 Å². The Hall–Kier alpha value is -1.43. The first kappa shape index (κ1) is 14.0. The van der Waals surface area contributed by atoms with Crippen LogP contribution in [-0.2, 0) is 4.79 Å². The summed E-state index contributed by atoms with van der Waals surface area (Å²) in [5, 5.41) is 2.69. The van der Waals surface area contributed by atoms with E-state index in [4.69, 9.17) is 0 Å². The predicted molar refractivity (Wildman–Crippen MR) is 74.7 cm³/mol. The van der Waals surface area contributed by atoms with Gasteiger partial charge in [-0.25, -0.2) is 4.98 Å². The molecular weight excluding hydrogens is 310 g/mol. The molecule has 0 aliphatic carbocycles. The largest absolute Gasteiger partial charge is 0.341 e. The van der Waals surface area contributed by atoms with Crippen LogP contribution >= 0.6 is 15.9 Å². The first-order valence-corrected chi connectivity index (χ1v) is 7.09. The van der Waals surface area contributed by atoms with E-state index in [0.29, 0.717) is 10.3 Å². The van der Waals surface area contributed by atoms with Crippen LogP contribution in [0.25, 0.3) is 0 Å². The average Bonchev–Trinajstić information content (AvgIpc) is 2.91. The number of halogens is 1. The minimum absolute atomic E-state index is 0.0270. The number of aromatic nitrogens is 1. The lowest BCUT2D eigenvalue weighted by Crippen LogP contribution is -2.46. The number of pyridine rings is 1. The quantitative estimate of drug-likeness (QED) is 0.858. The fourth-order valence-electron chi connectivity index (χ4n) is 2.08. The molecule has 0 bridgehead atoms. The molecule has 1 aliphatic rings. The lowest BCUT2D eigenvalue weighted by Gasteiger charge is -2.20. The molecule has 1 aromatic rings. The number of rotatable bonds is 3. The Labute approximate surface area is 120 Å². The zero-order valence-corrected chi connectivity index (χ0v) is 12.3. The van der Waals surface area contributed by atoms with Gasteiger partial charge in [0.25, 0.3) is 5.91 Å². The van der Waals surface area contributed by atoms with Crippen molar-refractivity contribution < 1.29 is 9.59 Å². The van der Waals surface area contributed by atoms with Gasteiger partial charge in [-0.2, -0.15) is 0 Å². The summed E-state index contributed by atoms with van der Waals surface area (Å²) in [5.74, 6) is -0.359. The van der Waals surface area contributed by atoms with E-state index in [1.807, 2.05) is 0 Å². The van der Waals surface area contributed by atoms with Gasteiger partial charge in [0.2, 0.25) is 5.91 Å². The Kier molecular flexibility index (Phi) is 4.52. The molecule has 2 rings (SSSR count). The van der Waals surface area contributed by atoms with Gasteiger partial charge in [-0.3, -0.25) is 9.59 Å². The lowest BCUT2D eigenvalue weighted by atomic mass is 10.2. The SMILES string of the molecule is CC(NC(=O)c1cccc(Br)n1)C(=O)N1CCCC1. The Morgan fingerprint density at radius 1 is 1.37 bits per heavy atom. The molecule has 0 radical (unpaired) electrons. The predicted octanol–water partition coefficient (Wildman–Crippen LogP) is 1.58. The second kappa shape index (κ2) is 6.14. The second-order valence-corrected chi connectivity index (χ2v) is 5.39. The molecule has 2 heterocycles. The molecule has 6 heteroatoms. The van der Waals surface area contributed by atoms with E-state index < -0.39 is 6.04 Å². The third kappa shape index (κ3) is 3.53. The van der Waals surface area contributed by atoms with Crippen molar-refractivity contribution in [2.45, 2.75) is 25.8 Å². The Morgan fingerprint density at radius 2 is 2.05 bits per heavy atom. The molecule has 1 aliphatic heterocycles. The summed E-state index contributed by atoms with van der Waals surface area (Å²) in [4.78, 5) is 29.9. The molecule has 5 nitrogen and oxygen atoms in total. The molecule has 19 heavy (non-hydrogen) atoms. The van der Waals surface area contributed by atoms with Crippen LogP contribution in [0.2, 0.25) is 0 Å². The molecule has 0 spiro atoms. The van der Waals surface area contributed by atoms with Crippen LogP contribution in [-0.4, -0.2) is 40.8 Å². The minimum Gasteiger partial charge on any atom is -0.341 e. The molecule has 1 N–H and O–H groups in total. The van der Waals surface area contributed by atoms with E-state index >= 15 is 0 Å². The third-order valence-electron chi connectivity index (χ3n) is 3.08. The van der Waals surface area contributed by atoms with Crippen molar-refractivity contribution in [3.05, 3.63) is 28.5 Å². The maximum atomic E-state index is 12.1. The monoisotopic (exact) mass is 325 g/mol. The fraction of sp³-hybridized carbons (Fsp3) is 0.462. The first-order valence-electron chi connectivity index (χ1n) is 6.30. The van der Waals surface area contributed by atoms with Crippen molar-refractivity contribution >= 4 is 27.7 Å². The summed E-state index contributed by atoms with van der Waals surface area (Å²) in [6.07, 6.45) is 2.08. The standard InChI is InChI=1S/C13H16BrN3O2/c1-9(13(19)17-7-2-3-8-17)15-12(18)10-5-4-6-11(14)16-10/h4-6,9H,2-3,7-8H2,1H3,(H,15,18). The molecular formula is C13H16BrN3O2. The molecule has 1 unspecified atom stereocenters. The van der Waals surface area contributed by atoms with Gasteiger partial charge in [-0.1, -0.05) is 6.07 Å². The van der Waals surface area contributed by atoms with Crippen molar-refractivity contribution in [1.82, 2.24) is 15.2 Å². The van der Waals surface area contributed by atoms with Gasteiger partial charge in [0, 0.05) is 13.1 Å². The lowest BCUT2D eigenvalue weighted by molar-refractivity contribution is -0.131. The van der Waals surface area contributed by atoms with Gasteiger partial charge < -0.3 is 10.2 Å². The van der Waals surface area contributed by atoms with Gasteiger partial charge in [-0.05, 0) is 47.8 Å². The first-order chi connectivity index (χ1) is 9.08. The van der Waals surface area contributed by atoms with Crippen molar-refractivity contribution in [2.75, 3.05) is 13.1 Å². The highest BCUT2D eigenvalue weighted by molar-refractivity contribution is 9.10. The Morgan fingerprint density at radius 3 is 2.68 bits per heavy atom.